The Bertz CT molecular complexity index is 1210. The van der Waals surface area contributed by atoms with Crippen LogP contribution in [0.1, 0.15) is 34.3 Å². The van der Waals surface area contributed by atoms with Crippen molar-refractivity contribution in [2.24, 2.45) is 0 Å². The molecule has 3 aromatic carbocycles. The second-order valence-electron chi connectivity index (χ2n) is 9.36. The minimum atomic E-state index is -0.568. The van der Waals surface area contributed by atoms with Crippen LogP contribution in [0.25, 0.3) is 0 Å². The van der Waals surface area contributed by atoms with Gasteiger partial charge in [0.15, 0.2) is 6.10 Å². The number of benzene rings is 3. The molecular weight excluding hydrogens is 454 g/mol. The van der Waals surface area contributed by atoms with E-state index in [2.05, 4.69) is 27.7 Å². The molecular formula is C29H31N3O4. The fourth-order valence-corrected chi connectivity index (χ4v) is 4.82. The van der Waals surface area contributed by atoms with Crippen molar-refractivity contribution in [3.05, 3.63) is 89.5 Å². The van der Waals surface area contributed by atoms with E-state index in [1.807, 2.05) is 36.4 Å². The molecule has 0 aromatic heterocycles. The lowest BCUT2D eigenvalue weighted by Gasteiger charge is -2.32. The second kappa shape index (κ2) is 10.8. The van der Waals surface area contributed by atoms with Gasteiger partial charge in [-0.25, -0.2) is 0 Å². The van der Waals surface area contributed by atoms with Crippen LogP contribution in [0.3, 0.4) is 0 Å². The Morgan fingerprint density at radius 2 is 1.81 bits per heavy atom. The number of carbonyl (C=O) groups is 2. The highest BCUT2D eigenvalue weighted by Crippen LogP contribution is 2.28. The van der Waals surface area contributed by atoms with Crippen molar-refractivity contribution in [3.8, 4) is 11.5 Å². The first kappa shape index (κ1) is 23.9. The van der Waals surface area contributed by atoms with E-state index in [9.17, 15) is 9.59 Å². The lowest BCUT2D eigenvalue weighted by molar-refractivity contribution is -0.122. The van der Waals surface area contributed by atoms with E-state index in [0.29, 0.717) is 17.7 Å². The van der Waals surface area contributed by atoms with Gasteiger partial charge >= 0.3 is 0 Å². The zero-order valence-corrected chi connectivity index (χ0v) is 20.4. The average Bonchev–Trinajstić information content (AvgIpc) is 3.35. The molecule has 2 heterocycles. The van der Waals surface area contributed by atoms with Crippen LogP contribution in [-0.2, 0) is 17.8 Å². The molecule has 1 atom stereocenters. The molecule has 1 unspecified atom stereocenters. The van der Waals surface area contributed by atoms with Crippen LogP contribution >= 0.6 is 0 Å². The summed E-state index contributed by atoms with van der Waals surface area (Å²) in [5.74, 6) is 1.28. The van der Waals surface area contributed by atoms with Crippen molar-refractivity contribution in [2.75, 3.05) is 25.5 Å². The van der Waals surface area contributed by atoms with Crippen molar-refractivity contribution < 1.29 is 19.1 Å². The smallest absolute Gasteiger partial charge is 0.265 e. The number of hydrogen-bond donors (Lipinski definition) is 2. The van der Waals surface area contributed by atoms with Crippen molar-refractivity contribution in [3.63, 3.8) is 0 Å². The fraction of sp³-hybridized carbons (Fsp3) is 0.310. The highest BCUT2D eigenvalue weighted by Gasteiger charge is 2.29. The van der Waals surface area contributed by atoms with E-state index in [1.54, 1.807) is 31.4 Å². The summed E-state index contributed by atoms with van der Waals surface area (Å²) >= 11 is 0. The fourth-order valence-electron chi connectivity index (χ4n) is 4.82. The third kappa shape index (κ3) is 5.69. The first-order chi connectivity index (χ1) is 17.6. The molecule has 5 rings (SSSR count). The standard InChI is InChI=1S/C29H31N3O4/c1-35-25-10-4-6-20(16-25)19-32-14-12-23(13-15-32)30-28(33)22-8-5-9-24(17-22)31-29(34)27-18-21-7-2-3-11-26(21)36-27/h2-11,16-17,23,27H,12-15,18-19H2,1H3,(H,30,33)(H,31,34). The van der Waals surface area contributed by atoms with Gasteiger partial charge in [0.2, 0.25) is 0 Å². The van der Waals surface area contributed by atoms with Gasteiger partial charge < -0.3 is 20.1 Å². The molecule has 2 aliphatic heterocycles. The van der Waals surface area contributed by atoms with E-state index in [-0.39, 0.29) is 17.9 Å². The summed E-state index contributed by atoms with van der Waals surface area (Å²) in [6.07, 6.45) is 1.76. The predicted molar refractivity (Wildman–Crippen MR) is 138 cm³/mol. The highest BCUT2D eigenvalue weighted by atomic mass is 16.5. The van der Waals surface area contributed by atoms with Crippen LogP contribution in [0.15, 0.2) is 72.8 Å². The Balaban J connectivity index is 1.11. The minimum absolute atomic E-state index is 0.123. The van der Waals surface area contributed by atoms with E-state index >= 15 is 0 Å². The van der Waals surface area contributed by atoms with Gasteiger partial charge in [0.05, 0.1) is 7.11 Å². The maximum atomic E-state index is 12.9. The number of para-hydroxylation sites is 1. The Kier molecular flexibility index (Phi) is 7.18. The number of carbonyl (C=O) groups excluding carboxylic acids is 2. The Labute approximate surface area is 211 Å². The van der Waals surface area contributed by atoms with Gasteiger partial charge in [-0.1, -0.05) is 36.4 Å². The van der Waals surface area contributed by atoms with Gasteiger partial charge in [-0.05, 0) is 60.4 Å². The highest BCUT2D eigenvalue weighted by molar-refractivity contribution is 5.98. The van der Waals surface area contributed by atoms with Crippen LogP contribution in [0, 0.1) is 0 Å². The van der Waals surface area contributed by atoms with Gasteiger partial charge in [-0.2, -0.15) is 0 Å². The zero-order chi connectivity index (χ0) is 24.9. The van der Waals surface area contributed by atoms with Gasteiger partial charge in [-0.3, -0.25) is 14.5 Å². The Hall–Kier alpha value is -3.84. The van der Waals surface area contributed by atoms with Crippen molar-refractivity contribution in [1.29, 1.82) is 0 Å². The number of ether oxygens (including phenoxy) is 2. The van der Waals surface area contributed by atoms with Crippen LogP contribution in [0.5, 0.6) is 11.5 Å². The first-order valence-electron chi connectivity index (χ1n) is 12.4. The topological polar surface area (TPSA) is 79.9 Å². The number of anilines is 1. The number of piperidine rings is 1. The van der Waals surface area contributed by atoms with E-state index in [1.165, 1.54) is 5.56 Å². The summed E-state index contributed by atoms with van der Waals surface area (Å²) in [4.78, 5) is 28.1. The number of nitrogens with one attached hydrogen (secondary N) is 2. The summed E-state index contributed by atoms with van der Waals surface area (Å²) in [7, 11) is 1.68. The van der Waals surface area contributed by atoms with Gasteiger partial charge in [-0.15, -0.1) is 0 Å². The number of methoxy groups -OCH3 is 1. The molecule has 1 saturated heterocycles. The third-order valence-corrected chi connectivity index (χ3v) is 6.80. The quantitative estimate of drug-likeness (QED) is 0.528. The van der Waals surface area contributed by atoms with E-state index in [4.69, 9.17) is 9.47 Å². The van der Waals surface area contributed by atoms with Crippen LogP contribution in [0.2, 0.25) is 0 Å². The molecule has 3 aromatic rings. The Morgan fingerprint density at radius 1 is 1.00 bits per heavy atom. The number of amides is 2. The molecule has 186 valence electrons. The van der Waals surface area contributed by atoms with Crippen molar-refractivity contribution in [2.45, 2.75) is 38.0 Å². The minimum Gasteiger partial charge on any atom is -0.497 e. The van der Waals surface area contributed by atoms with Crippen LogP contribution < -0.4 is 20.1 Å². The molecule has 7 heteroatoms. The number of fused-ring (bicyclic) bond motifs is 1. The summed E-state index contributed by atoms with van der Waals surface area (Å²) < 4.78 is 11.1. The maximum Gasteiger partial charge on any atom is 0.265 e. The van der Waals surface area contributed by atoms with Crippen molar-refractivity contribution >= 4 is 17.5 Å². The molecule has 0 radical (unpaired) electrons. The Morgan fingerprint density at radius 3 is 2.61 bits per heavy atom. The lowest BCUT2D eigenvalue weighted by Crippen LogP contribution is -2.44. The molecule has 7 nitrogen and oxygen atoms in total. The molecule has 2 N–H and O–H groups in total. The summed E-state index contributed by atoms with van der Waals surface area (Å²) in [6.45, 7) is 2.71. The predicted octanol–water partition coefficient (Wildman–Crippen LogP) is 4.03. The first-order valence-corrected chi connectivity index (χ1v) is 12.4. The lowest BCUT2D eigenvalue weighted by atomic mass is 10.0. The largest absolute Gasteiger partial charge is 0.497 e. The number of rotatable bonds is 7. The van der Waals surface area contributed by atoms with Gasteiger partial charge in [0.25, 0.3) is 11.8 Å². The van der Waals surface area contributed by atoms with E-state index in [0.717, 1.165) is 49.5 Å². The molecule has 0 spiro atoms. The molecule has 2 aliphatic rings. The average molecular weight is 486 g/mol. The zero-order valence-electron chi connectivity index (χ0n) is 20.4. The molecule has 0 aliphatic carbocycles. The monoisotopic (exact) mass is 485 g/mol. The molecule has 0 saturated carbocycles. The maximum absolute atomic E-state index is 12.9. The normalized spacial score (nSPS) is 17.6. The van der Waals surface area contributed by atoms with Gasteiger partial charge in [0.1, 0.15) is 11.5 Å². The molecule has 2 amide bonds. The molecule has 1 fully saturated rings. The van der Waals surface area contributed by atoms with Crippen molar-refractivity contribution in [1.82, 2.24) is 10.2 Å². The summed E-state index contributed by atoms with van der Waals surface area (Å²) in [5.41, 5.74) is 3.37. The second-order valence-corrected chi connectivity index (χ2v) is 9.36. The SMILES string of the molecule is COc1cccc(CN2CCC(NC(=O)c3cccc(NC(=O)C4Cc5ccccc5O4)c3)CC2)c1. The van der Waals surface area contributed by atoms with Crippen LogP contribution in [0.4, 0.5) is 5.69 Å². The van der Waals surface area contributed by atoms with E-state index < -0.39 is 6.10 Å². The third-order valence-electron chi connectivity index (χ3n) is 6.80. The summed E-state index contributed by atoms with van der Waals surface area (Å²) in [5, 5.41) is 6.06. The molecule has 36 heavy (non-hydrogen) atoms. The number of likely N-dealkylation sites (tertiary alicyclic amines) is 1. The summed E-state index contributed by atoms with van der Waals surface area (Å²) in [6, 6.07) is 23.0. The number of nitrogens with zero attached hydrogens (tertiary/aromatic N) is 1. The van der Waals surface area contributed by atoms with Crippen LogP contribution in [-0.4, -0.2) is 49.1 Å². The van der Waals surface area contributed by atoms with Gasteiger partial charge in [0, 0.05) is 43.3 Å². The number of hydrogen-bond acceptors (Lipinski definition) is 5. The molecule has 0 bridgehead atoms.